The summed E-state index contributed by atoms with van der Waals surface area (Å²) in [6.45, 7) is 1.21. The second kappa shape index (κ2) is 6.68. The zero-order valence-corrected chi connectivity index (χ0v) is 13.0. The number of carbonyl (C=O) groups is 2. The molecule has 1 fully saturated rings. The number of rotatable bonds is 4. The lowest BCUT2D eigenvalue weighted by Gasteiger charge is -2.39. The fraction of sp³-hybridized carbons (Fsp3) is 0.471. The number of aliphatic hydroxyl groups is 1. The van der Waals surface area contributed by atoms with Crippen LogP contribution in [0.4, 0.5) is 4.39 Å². The van der Waals surface area contributed by atoms with Crippen molar-refractivity contribution in [3.63, 3.8) is 0 Å². The second-order valence-corrected chi connectivity index (χ2v) is 5.94. The number of carbonyl (C=O) groups excluding carboxylic acids is 2. The smallest absolute Gasteiger partial charge is 0.312 e. The van der Waals surface area contributed by atoms with Crippen LogP contribution in [0.25, 0.3) is 0 Å². The van der Waals surface area contributed by atoms with Crippen molar-refractivity contribution in [2.45, 2.75) is 43.9 Å². The van der Waals surface area contributed by atoms with Crippen LogP contribution in [-0.4, -0.2) is 47.6 Å². The van der Waals surface area contributed by atoms with E-state index in [0.717, 1.165) is 0 Å². The third-order valence-electron chi connectivity index (χ3n) is 4.32. The first-order valence-electron chi connectivity index (χ1n) is 7.75. The van der Waals surface area contributed by atoms with Crippen LogP contribution >= 0.6 is 0 Å². The number of benzene rings is 1. The number of alkyl halides is 1. The van der Waals surface area contributed by atoms with Crippen molar-refractivity contribution in [1.82, 2.24) is 0 Å². The molecular weight excluding hydrogens is 317 g/mol. The number of fused-ring (bicyclic) bond motifs is 1. The molecule has 1 N–H and O–H groups in total. The topological polar surface area (TPSA) is 85.2 Å². The predicted octanol–water partition coefficient (Wildman–Crippen LogP) is 1.37. The van der Waals surface area contributed by atoms with Crippen LogP contribution in [0.5, 0.6) is 0 Å². The van der Waals surface area contributed by atoms with Gasteiger partial charge >= 0.3 is 11.9 Å². The molecule has 0 aromatic heterocycles. The average Bonchev–Trinajstić information content (AvgIpc) is 3.07. The molecule has 2 aliphatic rings. The number of hydrogen-bond donors (Lipinski definition) is 1. The third kappa shape index (κ3) is 3.03. The van der Waals surface area contributed by atoms with Crippen molar-refractivity contribution < 1.29 is 28.6 Å². The zero-order chi connectivity index (χ0) is 17.3. The highest BCUT2D eigenvalue weighted by Gasteiger charge is 2.53. The van der Waals surface area contributed by atoms with Gasteiger partial charge in [-0.2, -0.15) is 0 Å². The molecule has 4 unspecified atom stereocenters. The number of esters is 2. The first-order chi connectivity index (χ1) is 11.5. The maximum Gasteiger partial charge on any atom is 0.312 e. The lowest BCUT2D eigenvalue weighted by Crippen LogP contribution is -2.57. The van der Waals surface area contributed by atoms with Crippen LogP contribution in [0.3, 0.4) is 0 Å². The minimum Gasteiger partial charge on any atom is -0.456 e. The van der Waals surface area contributed by atoms with Gasteiger partial charge in [0.05, 0.1) is 5.92 Å². The molecule has 0 amide bonds. The highest BCUT2D eigenvalue weighted by Crippen LogP contribution is 2.36. The number of hydrogen-bond acceptors (Lipinski definition) is 6. The maximum absolute atomic E-state index is 14.7. The molecule has 0 saturated carbocycles. The summed E-state index contributed by atoms with van der Waals surface area (Å²) >= 11 is 0. The molecule has 0 aliphatic carbocycles. The van der Waals surface area contributed by atoms with E-state index in [9.17, 15) is 19.1 Å². The fourth-order valence-corrected chi connectivity index (χ4v) is 3.16. The molecular formula is C17H18FNO5. The molecule has 0 bridgehead atoms. The van der Waals surface area contributed by atoms with E-state index in [2.05, 4.69) is 4.99 Å². The van der Waals surface area contributed by atoms with E-state index in [1.807, 2.05) is 0 Å². The van der Waals surface area contributed by atoms with E-state index in [0.29, 0.717) is 6.42 Å². The van der Waals surface area contributed by atoms with Crippen LogP contribution in [0, 0.1) is 5.92 Å². The fourth-order valence-electron chi connectivity index (χ4n) is 3.16. The highest BCUT2D eigenvalue weighted by atomic mass is 19.1. The van der Waals surface area contributed by atoms with Crippen molar-refractivity contribution in [3.05, 3.63) is 35.9 Å². The number of aliphatic hydroxyl groups excluding tert-OH is 1. The van der Waals surface area contributed by atoms with E-state index in [4.69, 9.17) is 9.47 Å². The molecule has 1 aromatic rings. The average molecular weight is 335 g/mol. The molecule has 128 valence electrons. The van der Waals surface area contributed by atoms with Crippen molar-refractivity contribution in [2.75, 3.05) is 0 Å². The van der Waals surface area contributed by atoms with Gasteiger partial charge in [0.1, 0.15) is 12.1 Å². The summed E-state index contributed by atoms with van der Waals surface area (Å²) in [5.41, 5.74) is 0.250. The van der Waals surface area contributed by atoms with Crippen molar-refractivity contribution >= 4 is 18.2 Å². The molecule has 24 heavy (non-hydrogen) atoms. The molecule has 0 radical (unpaired) electrons. The minimum absolute atomic E-state index is 0.250. The van der Waals surface area contributed by atoms with Crippen molar-refractivity contribution in [3.8, 4) is 0 Å². The van der Waals surface area contributed by atoms with E-state index in [1.165, 1.54) is 19.1 Å². The predicted molar refractivity (Wildman–Crippen MR) is 82.1 cm³/mol. The Bertz CT molecular complexity index is 650. The number of aliphatic imine (C=N–C) groups is 1. The Morgan fingerprint density at radius 1 is 1.42 bits per heavy atom. The monoisotopic (exact) mass is 335 g/mol. The highest BCUT2D eigenvalue weighted by molar-refractivity contribution is 5.81. The van der Waals surface area contributed by atoms with E-state index in [1.54, 1.807) is 24.4 Å². The Morgan fingerprint density at radius 2 is 2.12 bits per heavy atom. The van der Waals surface area contributed by atoms with Crippen LogP contribution < -0.4 is 0 Å². The van der Waals surface area contributed by atoms with Gasteiger partial charge in [0.15, 0.2) is 18.4 Å². The van der Waals surface area contributed by atoms with Crippen LogP contribution in [0.15, 0.2) is 35.3 Å². The van der Waals surface area contributed by atoms with Gasteiger partial charge < -0.3 is 14.6 Å². The Hall–Kier alpha value is -2.28. The first-order valence-corrected chi connectivity index (χ1v) is 7.75. The maximum atomic E-state index is 14.7. The van der Waals surface area contributed by atoms with Crippen LogP contribution in [0.1, 0.15) is 25.1 Å². The number of halogens is 1. The molecule has 2 aliphatic heterocycles. The Kier molecular flexibility index (Phi) is 4.62. The quantitative estimate of drug-likeness (QED) is 0.840. The molecule has 6 atom stereocenters. The summed E-state index contributed by atoms with van der Waals surface area (Å²) in [7, 11) is 0. The van der Waals surface area contributed by atoms with E-state index < -0.39 is 48.4 Å². The summed E-state index contributed by atoms with van der Waals surface area (Å²) in [6, 6.07) is 7.40. The molecule has 0 spiro atoms. The number of nitrogens with zero attached hydrogens (tertiary/aromatic N) is 1. The van der Waals surface area contributed by atoms with Crippen molar-refractivity contribution in [1.29, 1.82) is 0 Å². The zero-order valence-electron chi connectivity index (χ0n) is 13.0. The van der Waals surface area contributed by atoms with Crippen molar-refractivity contribution in [2.24, 2.45) is 10.9 Å². The van der Waals surface area contributed by atoms with E-state index in [-0.39, 0.29) is 5.56 Å². The second-order valence-electron chi connectivity index (χ2n) is 5.94. The van der Waals surface area contributed by atoms with Crippen LogP contribution in [-0.2, 0) is 19.1 Å². The van der Waals surface area contributed by atoms with Gasteiger partial charge in [0.25, 0.3) is 0 Å². The summed E-state index contributed by atoms with van der Waals surface area (Å²) < 4.78 is 25.1. The van der Waals surface area contributed by atoms with E-state index >= 15 is 0 Å². The van der Waals surface area contributed by atoms with Gasteiger partial charge in [0.2, 0.25) is 0 Å². The molecule has 1 saturated heterocycles. The Morgan fingerprint density at radius 3 is 2.79 bits per heavy atom. The largest absolute Gasteiger partial charge is 0.456 e. The van der Waals surface area contributed by atoms with Gasteiger partial charge in [-0.3, -0.25) is 14.6 Å². The normalized spacial score (nSPS) is 31.0. The summed E-state index contributed by atoms with van der Waals surface area (Å²) in [5, 5.41) is 10.4. The summed E-state index contributed by atoms with van der Waals surface area (Å²) in [4.78, 5) is 27.7. The molecule has 1 aromatic carbocycles. The molecule has 2 heterocycles. The summed E-state index contributed by atoms with van der Waals surface area (Å²) in [6.07, 6.45) is -3.84. The van der Waals surface area contributed by atoms with Gasteiger partial charge in [-0.15, -0.1) is 0 Å². The third-order valence-corrected chi connectivity index (χ3v) is 4.32. The molecule has 3 rings (SSSR count). The minimum atomic E-state index is -1.79. The van der Waals surface area contributed by atoms with Gasteiger partial charge in [0, 0.05) is 13.1 Å². The number of ether oxygens (including phenoxy) is 2. The lowest BCUT2D eigenvalue weighted by atomic mass is 9.86. The Labute approximate surface area is 138 Å². The lowest BCUT2D eigenvalue weighted by molar-refractivity contribution is -0.200. The van der Waals surface area contributed by atoms with Gasteiger partial charge in [-0.05, 0) is 12.0 Å². The van der Waals surface area contributed by atoms with Gasteiger partial charge in [-0.25, -0.2) is 4.39 Å². The number of cyclic esters (lactones) is 1. The SMILES string of the molecule is CC(=O)OC1C2N=CCC2C(=O)O[C@H]1[C@@H](O)C(F)c1ccccc1. The summed E-state index contributed by atoms with van der Waals surface area (Å²) in [5.74, 6) is -1.73. The molecule has 6 nitrogen and oxygen atoms in total. The molecule has 7 heteroatoms. The Balaban J connectivity index is 1.86. The standard InChI is InChI=1S/C17H18FNO5/c1-9(20)23-15-13-11(7-8-19-13)17(22)24-16(15)14(21)12(18)10-5-3-2-4-6-10/h2-6,8,11-16,21H,7H2,1H3/t11?,12?,13?,14-,15?,16-/m0/s1. The van der Waals surface area contributed by atoms with Crippen LogP contribution in [0.2, 0.25) is 0 Å². The first kappa shape index (κ1) is 16.6. The van der Waals surface area contributed by atoms with Gasteiger partial charge in [-0.1, -0.05) is 30.3 Å².